The van der Waals surface area contributed by atoms with Crippen molar-refractivity contribution in [2.45, 2.75) is 31.2 Å². The van der Waals surface area contributed by atoms with Gasteiger partial charge in [0.1, 0.15) is 11.3 Å². The third-order valence-electron chi connectivity index (χ3n) is 3.26. The van der Waals surface area contributed by atoms with Crippen molar-refractivity contribution >= 4 is 22.6 Å². The van der Waals surface area contributed by atoms with Crippen molar-refractivity contribution in [1.29, 1.82) is 0 Å². The first kappa shape index (κ1) is 14.9. The van der Waals surface area contributed by atoms with Gasteiger partial charge in [-0.15, -0.1) is 11.6 Å². The largest absolute Gasteiger partial charge is 0.496 e. The van der Waals surface area contributed by atoms with E-state index in [1.54, 1.807) is 32.0 Å². The Kier molecular flexibility index (Phi) is 4.06. The van der Waals surface area contributed by atoms with E-state index in [4.69, 9.17) is 20.8 Å². The van der Waals surface area contributed by atoms with Crippen LogP contribution in [-0.2, 0) is 6.42 Å². The number of rotatable bonds is 4. The molecule has 0 fully saturated rings. The van der Waals surface area contributed by atoms with Crippen molar-refractivity contribution in [2.75, 3.05) is 7.11 Å². The first-order valence-electron chi connectivity index (χ1n) is 6.29. The minimum absolute atomic E-state index is 0.240. The molecule has 0 spiro atoms. The summed E-state index contributed by atoms with van der Waals surface area (Å²) in [6.45, 7) is 3.46. The lowest BCUT2D eigenvalue weighted by Crippen LogP contribution is -2.32. The predicted molar refractivity (Wildman–Crippen MR) is 78.7 cm³/mol. The Hall–Kier alpha value is -1.52. The molecule has 0 radical (unpaired) electrons. The number of methoxy groups -OCH3 is 1. The van der Waals surface area contributed by atoms with Crippen LogP contribution in [0.5, 0.6) is 5.75 Å². The molecule has 0 bridgehead atoms. The molecule has 5 heteroatoms. The average Bonchev–Trinajstić information content (AvgIpc) is 2.38. The lowest BCUT2D eigenvalue weighted by atomic mass is 9.96. The molecule has 0 aliphatic carbocycles. The Morgan fingerprint density at radius 2 is 2.00 bits per heavy atom. The van der Waals surface area contributed by atoms with E-state index < -0.39 is 16.6 Å². The Morgan fingerprint density at radius 1 is 1.35 bits per heavy atom. The Balaban J connectivity index is 2.59. The molecule has 2 rings (SSSR count). The second-order valence-electron chi connectivity index (χ2n) is 5.20. The Bertz CT molecular complexity index is 670. The first-order valence-corrected chi connectivity index (χ1v) is 6.67. The highest BCUT2D eigenvalue weighted by Crippen LogP contribution is 2.31. The maximum absolute atomic E-state index is 11.4. The summed E-state index contributed by atoms with van der Waals surface area (Å²) in [7, 11) is 1.53. The number of fused-ring (bicyclic) bond motifs is 1. The molecule has 0 aliphatic heterocycles. The van der Waals surface area contributed by atoms with Crippen LogP contribution in [0.25, 0.3) is 11.0 Å². The third-order valence-corrected chi connectivity index (χ3v) is 3.51. The summed E-state index contributed by atoms with van der Waals surface area (Å²) in [5.74, 6) is 0.562. The van der Waals surface area contributed by atoms with Crippen LogP contribution in [0, 0.1) is 0 Å². The normalized spacial score (nSPS) is 13.4. The monoisotopic (exact) mass is 296 g/mol. The van der Waals surface area contributed by atoms with Crippen molar-refractivity contribution < 1.29 is 14.3 Å². The topological polar surface area (TPSA) is 59.7 Å². The Labute approximate surface area is 121 Å². The highest BCUT2D eigenvalue weighted by atomic mass is 35.5. The van der Waals surface area contributed by atoms with Gasteiger partial charge < -0.3 is 14.3 Å². The lowest BCUT2D eigenvalue weighted by molar-refractivity contribution is 0.138. The standard InChI is InChI=1S/C15H17ClO4/c1-15(2,16)12(17)8-10-11(19-3)6-4-9-5-7-13(18)20-14(9)10/h4-7,12,17H,8H2,1-3H3/t12-/m0/s1. The fraction of sp³-hybridized carbons (Fsp3) is 0.400. The molecule has 2 aromatic rings. The molecule has 1 N–H and O–H groups in total. The smallest absolute Gasteiger partial charge is 0.336 e. The summed E-state index contributed by atoms with van der Waals surface area (Å²) in [4.78, 5) is 10.6. The molecule has 0 unspecified atom stereocenters. The van der Waals surface area contributed by atoms with E-state index in [9.17, 15) is 9.90 Å². The predicted octanol–water partition coefficient (Wildman–Crippen LogP) is 2.72. The minimum atomic E-state index is -0.797. The van der Waals surface area contributed by atoms with Gasteiger partial charge in [-0.05, 0) is 32.0 Å². The van der Waals surface area contributed by atoms with Crippen LogP contribution in [0.1, 0.15) is 19.4 Å². The van der Waals surface area contributed by atoms with Crippen molar-refractivity contribution in [3.63, 3.8) is 0 Å². The van der Waals surface area contributed by atoms with Crippen LogP contribution in [0.2, 0.25) is 0 Å². The van der Waals surface area contributed by atoms with E-state index in [2.05, 4.69) is 0 Å². The first-order chi connectivity index (χ1) is 9.32. The summed E-state index contributed by atoms with van der Waals surface area (Å²) in [6, 6.07) is 6.63. The van der Waals surface area contributed by atoms with Crippen LogP contribution in [0.4, 0.5) is 0 Å². The van der Waals surface area contributed by atoms with E-state index in [1.165, 1.54) is 13.2 Å². The van der Waals surface area contributed by atoms with E-state index >= 15 is 0 Å². The van der Waals surface area contributed by atoms with Crippen molar-refractivity contribution in [3.05, 3.63) is 40.2 Å². The number of benzene rings is 1. The van der Waals surface area contributed by atoms with Crippen LogP contribution < -0.4 is 10.4 Å². The molecule has 1 heterocycles. The van der Waals surface area contributed by atoms with E-state index in [1.807, 2.05) is 0 Å². The highest BCUT2D eigenvalue weighted by Gasteiger charge is 2.27. The molecule has 1 atom stereocenters. The van der Waals surface area contributed by atoms with Gasteiger partial charge in [-0.25, -0.2) is 4.79 Å². The zero-order valence-corrected chi connectivity index (χ0v) is 12.4. The zero-order chi connectivity index (χ0) is 14.9. The second-order valence-corrected chi connectivity index (χ2v) is 6.18. The fourth-order valence-electron chi connectivity index (χ4n) is 1.99. The van der Waals surface area contributed by atoms with Gasteiger partial charge in [-0.2, -0.15) is 0 Å². The summed E-state index contributed by atoms with van der Waals surface area (Å²) in [6.07, 6.45) is -0.557. The number of aliphatic hydroxyl groups excluding tert-OH is 1. The van der Waals surface area contributed by atoms with Crippen LogP contribution in [0.15, 0.2) is 33.5 Å². The fourth-order valence-corrected chi connectivity index (χ4v) is 2.07. The Morgan fingerprint density at radius 3 is 2.60 bits per heavy atom. The maximum atomic E-state index is 11.4. The van der Waals surface area contributed by atoms with Gasteiger partial charge in [0.15, 0.2) is 0 Å². The van der Waals surface area contributed by atoms with Crippen LogP contribution >= 0.6 is 11.6 Å². The second kappa shape index (κ2) is 5.46. The molecule has 0 amide bonds. The van der Waals surface area contributed by atoms with Gasteiger partial charge in [0.05, 0.1) is 18.1 Å². The number of hydrogen-bond acceptors (Lipinski definition) is 4. The molecule has 4 nitrogen and oxygen atoms in total. The average molecular weight is 297 g/mol. The van der Waals surface area contributed by atoms with E-state index in [0.717, 1.165) is 5.39 Å². The third kappa shape index (κ3) is 2.97. The van der Waals surface area contributed by atoms with Gasteiger partial charge in [0, 0.05) is 23.4 Å². The van der Waals surface area contributed by atoms with Gasteiger partial charge in [-0.3, -0.25) is 0 Å². The molecular formula is C15H17ClO4. The number of ether oxygens (including phenoxy) is 1. The number of aliphatic hydroxyl groups is 1. The molecule has 0 saturated carbocycles. The molecule has 0 aliphatic rings. The molecular weight excluding hydrogens is 280 g/mol. The van der Waals surface area contributed by atoms with Gasteiger partial charge in [0.25, 0.3) is 0 Å². The molecule has 20 heavy (non-hydrogen) atoms. The molecule has 1 aromatic heterocycles. The van der Waals surface area contributed by atoms with Crippen molar-refractivity contribution in [2.24, 2.45) is 0 Å². The van der Waals surface area contributed by atoms with E-state index in [-0.39, 0.29) is 6.42 Å². The summed E-state index contributed by atoms with van der Waals surface area (Å²) >= 11 is 6.13. The van der Waals surface area contributed by atoms with Gasteiger partial charge in [-0.1, -0.05) is 0 Å². The number of hydrogen-bond donors (Lipinski definition) is 1. The summed E-state index contributed by atoms with van der Waals surface area (Å²) < 4.78 is 10.5. The minimum Gasteiger partial charge on any atom is -0.496 e. The number of halogens is 1. The maximum Gasteiger partial charge on any atom is 0.336 e. The molecule has 0 saturated heterocycles. The summed E-state index contributed by atoms with van der Waals surface area (Å²) in [5, 5.41) is 11.0. The number of alkyl halides is 1. The van der Waals surface area contributed by atoms with E-state index in [0.29, 0.717) is 16.9 Å². The summed E-state index contributed by atoms with van der Waals surface area (Å²) in [5.41, 5.74) is 0.632. The zero-order valence-electron chi connectivity index (χ0n) is 11.6. The SMILES string of the molecule is COc1ccc2ccc(=O)oc2c1C[C@H](O)C(C)(C)Cl. The van der Waals surface area contributed by atoms with Gasteiger partial charge >= 0.3 is 5.63 Å². The lowest BCUT2D eigenvalue weighted by Gasteiger charge is -2.24. The van der Waals surface area contributed by atoms with Crippen molar-refractivity contribution in [1.82, 2.24) is 0 Å². The van der Waals surface area contributed by atoms with Crippen LogP contribution in [-0.4, -0.2) is 23.2 Å². The quantitative estimate of drug-likeness (QED) is 0.696. The van der Waals surface area contributed by atoms with Crippen LogP contribution in [0.3, 0.4) is 0 Å². The van der Waals surface area contributed by atoms with Crippen molar-refractivity contribution in [3.8, 4) is 5.75 Å². The molecule has 1 aromatic carbocycles. The highest BCUT2D eigenvalue weighted by molar-refractivity contribution is 6.23. The van der Waals surface area contributed by atoms with Gasteiger partial charge in [0.2, 0.25) is 0 Å². The molecule has 108 valence electrons.